The molecule has 1 aromatic carbocycles. The molecule has 3 aliphatic rings. The first-order valence-corrected chi connectivity index (χ1v) is 12.4. The van der Waals surface area contributed by atoms with Gasteiger partial charge < -0.3 is 0 Å². The van der Waals surface area contributed by atoms with Gasteiger partial charge in [-0.2, -0.15) is 0 Å². The lowest BCUT2D eigenvalue weighted by Crippen LogP contribution is -2.35. The summed E-state index contributed by atoms with van der Waals surface area (Å²) in [6.45, 7) is 13.8. The molecule has 2 saturated carbocycles. The van der Waals surface area contributed by atoms with Crippen LogP contribution in [0.1, 0.15) is 84.4 Å². The second-order valence-electron chi connectivity index (χ2n) is 10.7. The minimum atomic E-state index is 0.408. The third-order valence-electron chi connectivity index (χ3n) is 8.56. The van der Waals surface area contributed by atoms with Crippen molar-refractivity contribution in [3.63, 3.8) is 0 Å². The Labute approximate surface area is 188 Å². The Bertz CT molecular complexity index is 1040. The number of hydrogen-bond donors (Lipinski definition) is 0. The number of aromatic nitrogens is 2. The highest BCUT2D eigenvalue weighted by Gasteiger charge is 2.50. The highest BCUT2D eigenvalue weighted by molar-refractivity contribution is 5.61. The number of aryl methyl sites for hydroxylation is 1. The number of rotatable bonds is 5. The van der Waals surface area contributed by atoms with E-state index in [2.05, 4.69) is 81.9 Å². The van der Waals surface area contributed by atoms with E-state index in [1.807, 2.05) is 6.20 Å². The molecule has 0 bridgehead atoms. The molecule has 2 fully saturated rings. The van der Waals surface area contributed by atoms with Gasteiger partial charge in [0.05, 0.1) is 0 Å². The summed E-state index contributed by atoms with van der Waals surface area (Å²) in [4.78, 5) is 8.38. The van der Waals surface area contributed by atoms with Crippen molar-refractivity contribution in [1.29, 1.82) is 0 Å². The van der Waals surface area contributed by atoms with Crippen LogP contribution < -0.4 is 10.4 Å². The molecule has 0 spiro atoms. The maximum atomic E-state index is 4.26. The SMILES string of the molecule is CCC(C)C1(C2=c3ccccc3=CC(C)C2)CC1.Cc1ncncc1C1(C(C)C)CC1. The van der Waals surface area contributed by atoms with Crippen molar-refractivity contribution < 1.29 is 0 Å². The van der Waals surface area contributed by atoms with E-state index in [9.17, 15) is 0 Å². The molecular formula is C29H40N2. The van der Waals surface area contributed by atoms with Crippen LogP contribution in [0.25, 0.3) is 11.6 Å². The number of benzene rings is 1. The van der Waals surface area contributed by atoms with Crippen molar-refractivity contribution in [2.24, 2.45) is 23.2 Å². The minimum Gasteiger partial charge on any atom is -0.244 e. The topological polar surface area (TPSA) is 25.8 Å². The average Bonchev–Trinajstić information content (AvgIpc) is 3.68. The molecule has 3 aliphatic carbocycles. The summed E-state index contributed by atoms with van der Waals surface area (Å²) < 4.78 is 0. The average molecular weight is 417 g/mol. The Morgan fingerprint density at radius 2 is 1.71 bits per heavy atom. The fourth-order valence-corrected chi connectivity index (χ4v) is 5.98. The highest BCUT2D eigenvalue weighted by Crippen LogP contribution is 2.60. The number of fused-ring (bicyclic) bond motifs is 1. The Morgan fingerprint density at radius 1 is 1.03 bits per heavy atom. The minimum absolute atomic E-state index is 0.408. The van der Waals surface area contributed by atoms with Crippen LogP contribution in [0.3, 0.4) is 0 Å². The fraction of sp³-hybridized carbons (Fsp3) is 0.586. The molecule has 166 valence electrons. The van der Waals surface area contributed by atoms with Crippen molar-refractivity contribution in [2.45, 2.75) is 85.5 Å². The molecule has 2 heteroatoms. The first-order chi connectivity index (χ1) is 14.8. The van der Waals surface area contributed by atoms with Crippen LogP contribution in [0.15, 0.2) is 36.8 Å². The summed E-state index contributed by atoms with van der Waals surface area (Å²) in [6.07, 6.45) is 14.1. The monoisotopic (exact) mass is 416 g/mol. The molecule has 2 atom stereocenters. The van der Waals surface area contributed by atoms with Gasteiger partial charge in [-0.05, 0) is 78.2 Å². The van der Waals surface area contributed by atoms with Crippen molar-refractivity contribution >= 4 is 11.6 Å². The second-order valence-corrected chi connectivity index (χ2v) is 10.7. The molecular weight excluding hydrogens is 376 g/mol. The first-order valence-electron chi connectivity index (χ1n) is 12.4. The van der Waals surface area contributed by atoms with Gasteiger partial charge in [0.2, 0.25) is 0 Å². The zero-order chi connectivity index (χ0) is 22.2. The summed E-state index contributed by atoms with van der Waals surface area (Å²) >= 11 is 0. The lowest BCUT2D eigenvalue weighted by molar-refractivity contribution is 0.396. The molecule has 0 N–H and O–H groups in total. The van der Waals surface area contributed by atoms with Crippen molar-refractivity contribution in [2.75, 3.05) is 0 Å². The standard InChI is InChI=1S/C18H24.C11H16N2/c1-4-14(3)18(9-10-18)17-12-13(2)11-15-7-5-6-8-16(15)17;1-8(2)11(4-5-11)10-6-12-7-13-9(10)3/h5-8,11,13-14H,4,9-10,12H2,1-3H3;6-8H,4-5H2,1-3H3. The Kier molecular flexibility index (Phi) is 6.12. The number of hydrogen-bond acceptors (Lipinski definition) is 2. The van der Waals surface area contributed by atoms with Crippen LogP contribution in [-0.2, 0) is 5.41 Å². The molecule has 2 unspecified atom stereocenters. The van der Waals surface area contributed by atoms with E-state index in [0.29, 0.717) is 22.7 Å². The van der Waals surface area contributed by atoms with Gasteiger partial charge in [-0.1, -0.05) is 77.0 Å². The van der Waals surface area contributed by atoms with Crippen LogP contribution in [-0.4, -0.2) is 9.97 Å². The number of nitrogens with zero attached hydrogens (tertiary/aromatic N) is 2. The van der Waals surface area contributed by atoms with Crippen molar-refractivity contribution in [1.82, 2.24) is 9.97 Å². The molecule has 0 radical (unpaired) electrons. The summed E-state index contributed by atoms with van der Waals surface area (Å²) in [5, 5.41) is 3.02. The second kappa shape index (κ2) is 8.52. The largest absolute Gasteiger partial charge is 0.244 e. The zero-order valence-corrected chi connectivity index (χ0v) is 20.4. The predicted octanol–water partition coefficient (Wildman–Crippen LogP) is 5.96. The van der Waals surface area contributed by atoms with Gasteiger partial charge in [0.25, 0.3) is 0 Å². The van der Waals surface area contributed by atoms with E-state index in [-0.39, 0.29) is 0 Å². The molecule has 2 nitrogen and oxygen atoms in total. The lowest BCUT2D eigenvalue weighted by atomic mass is 9.75. The first kappa shape index (κ1) is 22.2. The van der Waals surface area contributed by atoms with Gasteiger partial charge in [-0.3, -0.25) is 0 Å². The van der Waals surface area contributed by atoms with Crippen LogP contribution >= 0.6 is 0 Å². The third kappa shape index (κ3) is 4.11. The highest BCUT2D eigenvalue weighted by atomic mass is 14.8. The van der Waals surface area contributed by atoms with E-state index in [1.165, 1.54) is 49.3 Å². The van der Waals surface area contributed by atoms with Crippen LogP contribution in [0.4, 0.5) is 0 Å². The molecule has 31 heavy (non-hydrogen) atoms. The smallest absolute Gasteiger partial charge is 0.115 e. The van der Waals surface area contributed by atoms with Crippen molar-refractivity contribution in [3.8, 4) is 0 Å². The van der Waals surface area contributed by atoms with E-state index in [0.717, 1.165) is 11.6 Å². The van der Waals surface area contributed by atoms with Crippen molar-refractivity contribution in [3.05, 3.63) is 58.5 Å². The maximum absolute atomic E-state index is 4.26. The molecule has 0 saturated heterocycles. The van der Waals surface area contributed by atoms with E-state index in [1.54, 1.807) is 17.1 Å². The quantitative estimate of drug-likeness (QED) is 0.601. The third-order valence-corrected chi connectivity index (χ3v) is 8.56. The maximum Gasteiger partial charge on any atom is 0.115 e. The molecule has 0 aliphatic heterocycles. The summed E-state index contributed by atoms with van der Waals surface area (Å²) in [5.41, 5.74) is 5.24. The molecule has 2 aromatic rings. The van der Waals surface area contributed by atoms with E-state index >= 15 is 0 Å². The lowest BCUT2D eigenvalue weighted by Gasteiger charge is -2.29. The molecule has 0 amide bonds. The van der Waals surface area contributed by atoms with Gasteiger partial charge in [0, 0.05) is 17.3 Å². The van der Waals surface area contributed by atoms with Gasteiger partial charge in [0.1, 0.15) is 6.33 Å². The predicted molar refractivity (Wildman–Crippen MR) is 131 cm³/mol. The van der Waals surface area contributed by atoms with Crippen LogP contribution in [0.2, 0.25) is 0 Å². The van der Waals surface area contributed by atoms with E-state index < -0.39 is 0 Å². The Hall–Kier alpha value is -1.96. The zero-order valence-electron chi connectivity index (χ0n) is 20.4. The Balaban J connectivity index is 0.000000158. The van der Waals surface area contributed by atoms with E-state index in [4.69, 9.17) is 0 Å². The fourth-order valence-electron chi connectivity index (χ4n) is 5.98. The summed E-state index contributed by atoms with van der Waals surface area (Å²) in [5.74, 6) is 2.25. The normalized spacial score (nSPS) is 23.2. The van der Waals surface area contributed by atoms with Crippen LogP contribution in [0.5, 0.6) is 0 Å². The molecule has 5 rings (SSSR count). The van der Waals surface area contributed by atoms with Gasteiger partial charge >= 0.3 is 0 Å². The van der Waals surface area contributed by atoms with Crippen LogP contribution in [0, 0.1) is 30.1 Å². The molecule has 1 aromatic heterocycles. The molecule has 1 heterocycles. The van der Waals surface area contributed by atoms with Gasteiger partial charge in [0.15, 0.2) is 0 Å². The van der Waals surface area contributed by atoms with Gasteiger partial charge in [-0.15, -0.1) is 0 Å². The van der Waals surface area contributed by atoms with Gasteiger partial charge in [-0.25, -0.2) is 9.97 Å². The summed E-state index contributed by atoms with van der Waals surface area (Å²) in [7, 11) is 0. The summed E-state index contributed by atoms with van der Waals surface area (Å²) in [6, 6.07) is 9.01. The Morgan fingerprint density at radius 3 is 2.29 bits per heavy atom.